The molecule has 2 saturated carbocycles. The van der Waals surface area contributed by atoms with Gasteiger partial charge in [0.1, 0.15) is 11.6 Å². The van der Waals surface area contributed by atoms with Crippen molar-refractivity contribution in [1.82, 2.24) is 0 Å². The van der Waals surface area contributed by atoms with Gasteiger partial charge in [-0.05, 0) is 104 Å². The van der Waals surface area contributed by atoms with E-state index in [-0.39, 0.29) is 11.6 Å². The number of hydrogen-bond acceptors (Lipinski definition) is 1. The first-order valence-electron chi connectivity index (χ1n) is 13.4. The predicted octanol–water partition coefficient (Wildman–Crippen LogP) is 9.91. The average molecular weight is 491 g/mol. The summed E-state index contributed by atoms with van der Waals surface area (Å²) in [5, 5.41) is 0. The van der Waals surface area contributed by atoms with Gasteiger partial charge in [0.15, 0.2) is 0 Å². The molecule has 2 aromatic rings. The lowest BCUT2D eigenvalue weighted by atomic mass is 9.70. The molecule has 2 aromatic carbocycles. The molecule has 0 heterocycles. The summed E-state index contributed by atoms with van der Waals surface area (Å²) in [6.45, 7) is 4.78. The molecule has 0 aromatic heterocycles. The van der Waals surface area contributed by atoms with Gasteiger partial charge in [-0.3, -0.25) is 0 Å². The van der Waals surface area contributed by atoms with Crippen molar-refractivity contribution in [3.8, 4) is 16.9 Å². The zero-order valence-corrected chi connectivity index (χ0v) is 20.9. The molecule has 192 valence electrons. The van der Waals surface area contributed by atoms with E-state index < -0.39 is 6.36 Å². The molecular formula is C30H38F4O. The third-order valence-corrected chi connectivity index (χ3v) is 8.69. The van der Waals surface area contributed by atoms with Crippen LogP contribution in [0.4, 0.5) is 17.6 Å². The van der Waals surface area contributed by atoms with Gasteiger partial charge in [-0.15, -0.1) is 13.2 Å². The van der Waals surface area contributed by atoms with Crippen LogP contribution >= 0.6 is 0 Å². The van der Waals surface area contributed by atoms with Crippen LogP contribution in [0.2, 0.25) is 0 Å². The largest absolute Gasteiger partial charge is 0.573 e. The Morgan fingerprint density at radius 2 is 1.49 bits per heavy atom. The molecule has 0 radical (unpaired) electrons. The molecule has 0 spiro atoms. The Morgan fingerprint density at radius 3 is 2.06 bits per heavy atom. The number of alkyl halides is 3. The van der Waals surface area contributed by atoms with Gasteiger partial charge in [0.2, 0.25) is 0 Å². The summed E-state index contributed by atoms with van der Waals surface area (Å²) >= 11 is 0. The smallest absolute Gasteiger partial charge is 0.406 e. The Kier molecular flexibility index (Phi) is 8.44. The maximum atomic E-state index is 15.0. The van der Waals surface area contributed by atoms with E-state index in [4.69, 9.17) is 0 Å². The standard InChI is InChI=1S/C30H38F4O/c1-3-21-4-8-23(9-5-21)20(2)18-22-6-10-24(11-7-22)26-14-17-28(29(31)19-26)25-12-15-27(16-13-25)35-30(32,33)34/h12-17,19-24H,3-11,18H2,1-2H3. The maximum Gasteiger partial charge on any atom is 0.573 e. The van der Waals surface area contributed by atoms with Crippen molar-refractivity contribution in [2.45, 2.75) is 90.3 Å². The molecule has 0 N–H and O–H groups in total. The van der Waals surface area contributed by atoms with Crippen molar-refractivity contribution in [1.29, 1.82) is 0 Å². The Labute approximate surface area is 207 Å². The topological polar surface area (TPSA) is 9.23 Å². The molecule has 4 rings (SSSR count). The van der Waals surface area contributed by atoms with Crippen molar-refractivity contribution < 1.29 is 22.3 Å². The Bertz CT molecular complexity index is 936. The summed E-state index contributed by atoms with van der Waals surface area (Å²) in [6, 6.07) is 10.7. The molecular weight excluding hydrogens is 452 g/mol. The molecule has 0 aliphatic heterocycles. The highest BCUT2D eigenvalue weighted by molar-refractivity contribution is 5.65. The van der Waals surface area contributed by atoms with Crippen molar-refractivity contribution >= 4 is 0 Å². The SMILES string of the molecule is CCC1CCC(C(C)CC2CCC(c3ccc(-c4ccc(OC(F)(F)F)cc4)c(F)c3)CC2)CC1. The van der Waals surface area contributed by atoms with E-state index in [0.29, 0.717) is 17.0 Å². The van der Waals surface area contributed by atoms with Crippen LogP contribution in [0.25, 0.3) is 11.1 Å². The van der Waals surface area contributed by atoms with E-state index in [1.807, 2.05) is 6.07 Å². The van der Waals surface area contributed by atoms with Crippen molar-refractivity contribution in [3.63, 3.8) is 0 Å². The monoisotopic (exact) mass is 490 g/mol. The molecule has 1 atom stereocenters. The molecule has 0 amide bonds. The minimum Gasteiger partial charge on any atom is -0.406 e. The number of halogens is 4. The zero-order valence-electron chi connectivity index (χ0n) is 20.9. The molecule has 35 heavy (non-hydrogen) atoms. The first-order chi connectivity index (χ1) is 16.7. The quantitative estimate of drug-likeness (QED) is 0.351. The fourth-order valence-electron chi connectivity index (χ4n) is 6.47. The lowest BCUT2D eigenvalue weighted by Gasteiger charge is -2.35. The fraction of sp³-hybridized carbons (Fsp3) is 0.600. The Balaban J connectivity index is 1.30. The number of rotatable bonds is 7. The van der Waals surface area contributed by atoms with Gasteiger partial charge in [0, 0.05) is 5.56 Å². The lowest BCUT2D eigenvalue weighted by Crippen LogP contribution is -2.23. The Morgan fingerprint density at radius 1 is 0.857 bits per heavy atom. The maximum absolute atomic E-state index is 15.0. The minimum absolute atomic E-state index is 0.307. The molecule has 1 unspecified atom stereocenters. The normalized spacial score (nSPS) is 26.3. The number of hydrogen-bond donors (Lipinski definition) is 0. The van der Waals surface area contributed by atoms with Gasteiger partial charge in [0.25, 0.3) is 0 Å². The highest BCUT2D eigenvalue weighted by Crippen LogP contribution is 2.42. The highest BCUT2D eigenvalue weighted by atomic mass is 19.4. The van der Waals surface area contributed by atoms with Crippen LogP contribution in [0, 0.1) is 29.5 Å². The van der Waals surface area contributed by atoms with Crippen LogP contribution in [-0.2, 0) is 0 Å². The van der Waals surface area contributed by atoms with Gasteiger partial charge in [-0.1, -0.05) is 57.4 Å². The van der Waals surface area contributed by atoms with E-state index in [2.05, 4.69) is 18.6 Å². The lowest BCUT2D eigenvalue weighted by molar-refractivity contribution is -0.274. The second kappa shape index (κ2) is 11.3. The van der Waals surface area contributed by atoms with E-state index in [9.17, 15) is 17.6 Å². The summed E-state index contributed by atoms with van der Waals surface area (Å²) in [5.41, 5.74) is 1.97. The van der Waals surface area contributed by atoms with E-state index in [1.165, 1.54) is 75.6 Å². The summed E-state index contributed by atoms with van der Waals surface area (Å²) < 4.78 is 56.0. The third kappa shape index (κ3) is 7.01. The summed E-state index contributed by atoms with van der Waals surface area (Å²) in [7, 11) is 0. The average Bonchev–Trinajstić information content (AvgIpc) is 2.84. The first kappa shape index (κ1) is 26.0. The van der Waals surface area contributed by atoms with E-state index in [1.54, 1.807) is 12.1 Å². The van der Waals surface area contributed by atoms with Crippen LogP contribution in [-0.4, -0.2) is 6.36 Å². The molecule has 1 nitrogen and oxygen atoms in total. The summed E-state index contributed by atoms with van der Waals surface area (Å²) in [6.07, 6.45) is 8.16. The van der Waals surface area contributed by atoms with Crippen LogP contribution < -0.4 is 4.74 Å². The van der Waals surface area contributed by atoms with Gasteiger partial charge < -0.3 is 4.74 Å². The van der Waals surface area contributed by atoms with Crippen LogP contribution in [0.1, 0.15) is 89.5 Å². The van der Waals surface area contributed by atoms with Gasteiger partial charge >= 0.3 is 6.36 Å². The van der Waals surface area contributed by atoms with E-state index in [0.717, 1.165) is 42.1 Å². The van der Waals surface area contributed by atoms with Crippen LogP contribution in [0.3, 0.4) is 0 Å². The van der Waals surface area contributed by atoms with Crippen molar-refractivity contribution in [3.05, 3.63) is 53.8 Å². The van der Waals surface area contributed by atoms with Gasteiger partial charge in [-0.25, -0.2) is 4.39 Å². The second-order valence-electron chi connectivity index (χ2n) is 10.9. The van der Waals surface area contributed by atoms with Crippen LogP contribution in [0.15, 0.2) is 42.5 Å². The van der Waals surface area contributed by atoms with E-state index >= 15 is 0 Å². The number of benzene rings is 2. The first-order valence-corrected chi connectivity index (χ1v) is 13.4. The highest BCUT2D eigenvalue weighted by Gasteiger charge is 2.31. The molecule has 2 aliphatic rings. The van der Waals surface area contributed by atoms with Crippen LogP contribution in [0.5, 0.6) is 5.75 Å². The molecule has 0 saturated heterocycles. The van der Waals surface area contributed by atoms with Gasteiger partial charge in [-0.2, -0.15) is 0 Å². The third-order valence-electron chi connectivity index (χ3n) is 8.69. The minimum atomic E-state index is -4.74. The zero-order chi connectivity index (χ0) is 25.0. The summed E-state index contributed by atoms with van der Waals surface area (Å²) in [5.74, 6) is 3.18. The summed E-state index contributed by atoms with van der Waals surface area (Å²) in [4.78, 5) is 0. The second-order valence-corrected chi connectivity index (χ2v) is 10.9. The van der Waals surface area contributed by atoms with Crippen molar-refractivity contribution in [2.75, 3.05) is 0 Å². The predicted molar refractivity (Wildman–Crippen MR) is 133 cm³/mol. The molecule has 2 fully saturated rings. The van der Waals surface area contributed by atoms with Gasteiger partial charge in [0.05, 0.1) is 0 Å². The number of ether oxygens (including phenoxy) is 1. The van der Waals surface area contributed by atoms with Crippen molar-refractivity contribution in [2.24, 2.45) is 23.7 Å². The molecule has 5 heteroatoms. The molecule has 2 aliphatic carbocycles. The Hall–Kier alpha value is -2.04. The fourth-order valence-corrected chi connectivity index (χ4v) is 6.47. The molecule has 0 bridgehead atoms.